The molecule has 0 radical (unpaired) electrons. The van der Waals surface area contributed by atoms with Crippen molar-refractivity contribution in [2.75, 3.05) is 0 Å². The molecule has 3 heteroatoms. The number of benzene rings is 1. The maximum Gasteiger partial charge on any atom is 0.115 e. The molecule has 0 spiro atoms. The molecule has 0 aliphatic heterocycles. The molecule has 0 amide bonds. The van der Waals surface area contributed by atoms with E-state index in [1.807, 2.05) is 6.07 Å². The van der Waals surface area contributed by atoms with Gasteiger partial charge in [-0.1, -0.05) is 19.9 Å². The van der Waals surface area contributed by atoms with Gasteiger partial charge >= 0.3 is 0 Å². The highest BCUT2D eigenvalue weighted by molar-refractivity contribution is 5.43. The molecule has 2 saturated carbocycles. The zero-order valence-corrected chi connectivity index (χ0v) is 13.4. The second-order valence-corrected chi connectivity index (χ2v) is 8.10. The largest absolute Gasteiger partial charge is 0.508 e. The third-order valence-electron chi connectivity index (χ3n) is 7.21. The fourth-order valence-electron chi connectivity index (χ4n) is 5.80. The van der Waals surface area contributed by atoms with Gasteiger partial charge in [-0.15, -0.1) is 0 Å². The summed E-state index contributed by atoms with van der Waals surface area (Å²) in [6, 6.07) is 5.72. The Hall–Kier alpha value is -1.06. The van der Waals surface area contributed by atoms with Crippen LogP contribution in [0.4, 0.5) is 0 Å². The predicted molar refractivity (Wildman–Crippen MR) is 84.9 cm³/mol. The number of hydrogen-bond donors (Lipinski definition) is 3. The molecule has 3 aliphatic rings. The van der Waals surface area contributed by atoms with Crippen molar-refractivity contribution in [2.45, 2.75) is 69.5 Å². The van der Waals surface area contributed by atoms with Crippen LogP contribution in [-0.2, 0) is 0 Å². The Labute approximate surface area is 132 Å². The fraction of sp³-hybridized carbons (Fsp3) is 0.684. The van der Waals surface area contributed by atoms with Crippen molar-refractivity contribution in [1.29, 1.82) is 0 Å². The maximum atomic E-state index is 11.5. The first-order chi connectivity index (χ1) is 10.4. The summed E-state index contributed by atoms with van der Waals surface area (Å²) in [5, 5.41) is 31.8. The van der Waals surface area contributed by atoms with Crippen LogP contribution in [0.15, 0.2) is 18.2 Å². The van der Waals surface area contributed by atoms with E-state index in [9.17, 15) is 15.3 Å². The lowest BCUT2D eigenvalue weighted by Gasteiger charge is -2.56. The average molecular weight is 302 g/mol. The first kappa shape index (κ1) is 14.5. The summed E-state index contributed by atoms with van der Waals surface area (Å²) in [4.78, 5) is 0. The van der Waals surface area contributed by atoms with Gasteiger partial charge in [0.25, 0.3) is 0 Å². The van der Waals surface area contributed by atoms with Crippen molar-refractivity contribution in [3.8, 4) is 5.75 Å². The minimum Gasteiger partial charge on any atom is -0.508 e. The molecule has 0 bridgehead atoms. The zero-order valence-electron chi connectivity index (χ0n) is 13.4. The Morgan fingerprint density at radius 1 is 1.14 bits per heavy atom. The molecule has 1 aromatic rings. The van der Waals surface area contributed by atoms with Crippen LogP contribution in [0.5, 0.6) is 5.75 Å². The molecular formula is C19H26O3. The first-order valence-corrected chi connectivity index (χ1v) is 8.60. The topological polar surface area (TPSA) is 60.7 Å². The van der Waals surface area contributed by atoms with Crippen molar-refractivity contribution in [3.05, 3.63) is 29.3 Å². The number of hydrogen-bond acceptors (Lipinski definition) is 3. The van der Waals surface area contributed by atoms with Gasteiger partial charge in [0.05, 0.1) is 11.7 Å². The maximum absolute atomic E-state index is 11.5. The summed E-state index contributed by atoms with van der Waals surface area (Å²) in [7, 11) is 0. The van der Waals surface area contributed by atoms with Crippen LogP contribution in [0.2, 0.25) is 0 Å². The zero-order chi connectivity index (χ0) is 15.7. The highest BCUT2D eigenvalue weighted by Crippen LogP contribution is 2.64. The van der Waals surface area contributed by atoms with Crippen molar-refractivity contribution in [1.82, 2.24) is 0 Å². The van der Waals surface area contributed by atoms with Crippen LogP contribution < -0.4 is 0 Å². The molecule has 22 heavy (non-hydrogen) atoms. The SMILES string of the molecule is CC1CC2C(CCC3(C)C(O)CCC23O)c2ccc(O)cc21. The first-order valence-electron chi connectivity index (χ1n) is 8.60. The lowest BCUT2D eigenvalue weighted by molar-refractivity contribution is -0.164. The number of aliphatic hydroxyl groups excluding tert-OH is 1. The molecular weight excluding hydrogens is 276 g/mol. The van der Waals surface area contributed by atoms with E-state index in [2.05, 4.69) is 19.9 Å². The third-order valence-corrected chi connectivity index (χ3v) is 7.21. The molecule has 3 nitrogen and oxygen atoms in total. The Bertz CT molecular complexity index is 613. The highest BCUT2D eigenvalue weighted by Gasteiger charge is 2.64. The van der Waals surface area contributed by atoms with Gasteiger partial charge in [-0.3, -0.25) is 0 Å². The average Bonchev–Trinajstić information content (AvgIpc) is 2.73. The number of rotatable bonds is 0. The minimum atomic E-state index is -0.751. The summed E-state index contributed by atoms with van der Waals surface area (Å²) < 4.78 is 0. The predicted octanol–water partition coefficient (Wildman–Crippen LogP) is 3.29. The molecule has 0 heterocycles. The molecule has 6 unspecified atom stereocenters. The summed E-state index contributed by atoms with van der Waals surface area (Å²) in [5.74, 6) is 1.25. The molecule has 3 N–H and O–H groups in total. The Kier molecular flexibility index (Phi) is 2.96. The minimum absolute atomic E-state index is 0.218. The number of fused-ring (bicyclic) bond motifs is 5. The van der Waals surface area contributed by atoms with Crippen molar-refractivity contribution >= 4 is 0 Å². The molecule has 0 saturated heterocycles. The Morgan fingerprint density at radius 3 is 2.68 bits per heavy atom. The smallest absolute Gasteiger partial charge is 0.115 e. The van der Waals surface area contributed by atoms with Gasteiger partial charge in [0.1, 0.15) is 5.75 Å². The molecule has 120 valence electrons. The number of aromatic hydroxyl groups is 1. The second kappa shape index (κ2) is 4.48. The van der Waals surface area contributed by atoms with Gasteiger partial charge in [0, 0.05) is 5.41 Å². The standard InChI is InChI=1S/C19H26O3/c1-11-9-16-14(13-4-3-12(20)10-15(11)13)5-7-18(2)17(21)6-8-19(16,18)22/h3-4,10-11,14,16-17,20-22H,5-9H2,1-2H3. The number of aliphatic hydroxyl groups is 2. The van der Waals surface area contributed by atoms with Crippen LogP contribution in [0.25, 0.3) is 0 Å². The van der Waals surface area contributed by atoms with E-state index in [-0.39, 0.29) is 17.4 Å². The van der Waals surface area contributed by atoms with E-state index in [0.717, 1.165) is 19.3 Å². The summed E-state index contributed by atoms with van der Waals surface area (Å²) >= 11 is 0. The van der Waals surface area contributed by atoms with E-state index >= 15 is 0 Å². The normalized spacial score (nSPS) is 46.7. The van der Waals surface area contributed by atoms with Crippen LogP contribution in [0, 0.1) is 11.3 Å². The number of phenolic OH excluding ortho intramolecular Hbond substituents is 1. The quantitative estimate of drug-likeness (QED) is 0.689. The monoisotopic (exact) mass is 302 g/mol. The van der Waals surface area contributed by atoms with Gasteiger partial charge in [-0.25, -0.2) is 0 Å². The van der Waals surface area contributed by atoms with E-state index in [4.69, 9.17) is 0 Å². The van der Waals surface area contributed by atoms with Gasteiger partial charge in [-0.2, -0.15) is 0 Å². The summed E-state index contributed by atoms with van der Waals surface area (Å²) in [5.41, 5.74) is 1.44. The third kappa shape index (κ3) is 1.64. The molecule has 0 aromatic heterocycles. The van der Waals surface area contributed by atoms with E-state index in [1.54, 1.807) is 6.07 Å². The molecule has 6 atom stereocenters. The Morgan fingerprint density at radius 2 is 1.91 bits per heavy atom. The van der Waals surface area contributed by atoms with Gasteiger partial charge in [-0.05, 0) is 73.1 Å². The number of phenols is 1. The van der Waals surface area contributed by atoms with Crippen molar-refractivity contribution in [3.63, 3.8) is 0 Å². The second-order valence-electron chi connectivity index (χ2n) is 8.10. The van der Waals surface area contributed by atoms with Crippen LogP contribution in [-0.4, -0.2) is 27.0 Å². The van der Waals surface area contributed by atoms with Gasteiger partial charge in [0.2, 0.25) is 0 Å². The molecule has 3 aliphatic carbocycles. The summed E-state index contributed by atoms with van der Waals surface area (Å²) in [6.45, 7) is 4.27. The van der Waals surface area contributed by atoms with Gasteiger partial charge in [0.15, 0.2) is 0 Å². The van der Waals surface area contributed by atoms with E-state index in [1.165, 1.54) is 11.1 Å². The lowest BCUT2D eigenvalue weighted by Crippen LogP contribution is -2.57. The van der Waals surface area contributed by atoms with Crippen LogP contribution >= 0.6 is 0 Å². The van der Waals surface area contributed by atoms with Gasteiger partial charge < -0.3 is 15.3 Å². The lowest BCUT2D eigenvalue weighted by atomic mass is 9.52. The highest BCUT2D eigenvalue weighted by atomic mass is 16.3. The van der Waals surface area contributed by atoms with E-state index in [0.29, 0.717) is 30.4 Å². The van der Waals surface area contributed by atoms with E-state index < -0.39 is 5.60 Å². The fourth-order valence-corrected chi connectivity index (χ4v) is 5.80. The summed E-state index contributed by atoms with van der Waals surface area (Å²) in [6.07, 6.45) is 3.89. The molecule has 4 rings (SSSR count). The Balaban J connectivity index is 1.81. The molecule has 2 fully saturated rings. The van der Waals surface area contributed by atoms with Crippen LogP contribution in [0.1, 0.15) is 68.9 Å². The van der Waals surface area contributed by atoms with Crippen molar-refractivity contribution < 1.29 is 15.3 Å². The van der Waals surface area contributed by atoms with Crippen molar-refractivity contribution in [2.24, 2.45) is 11.3 Å². The molecule has 1 aromatic carbocycles. The van der Waals surface area contributed by atoms with Crippen LogP contribution in [0.3, 0.4) is 0 Å².